The van der Waals surface area contributed by atoms with Crippen molar-refractivity contribution in [3.05, 3.63) is 29.8 Å². The first kappa shape index (κ1) is 14.4. The third kappa shape index (κ3) is 3.11. The second-order valence-electron chi connectivity index (χ2n) is 4.20. The Morgan fingerprint density at radius 2 is 2.15 bits per heavy atom. The minimum absolute atomic E-state index is 0.189. The molecule has 1 aliphatic rings. The average Bonchev–Trinajstić information content (AvgIpc) is 2.82. The number of amidine groups is 1. The highest BCUT2D eigenvalue weighted by Gasteiger charge is 2.32. The molecular weight excluding hydrogens is 278 g/mol. The van der Waals surface area contributed by atoms with E-state index in [4.69, 9.17) is 4.74 Å². The minimum Gasteiger partial charge on any atom is -0.497 e. The predicted octanol–water partition coefficient (Wildman–Crippen LogP) is 1.70. The van der Waals surface area contributed by atoms with Crippen LogP contribution in [0.2, 0.25) is 0 Å². The molecule has 0 saturated heterocycles. The first-order valence-corrected chi connectivity index (χ1v) is 6.86. The third-order valence-corrected chi connectivity index (χ3v) is 3.73. The molecule has 0 fully saturated rings. The Bertz CT molecular complexity index is 574. The molecular formula is C13H15N3O3S. The number of rotatable bonds is 2. The van der Waals surface area contributed by atoms with Gasteiger partial charge in [0.05, 0.1) is 7.11 Å². The number of ether oxygens (including phenoxy) is 1. The zero-order valence-electron chi connectivity index (χ0n) is 11.4. The third-order valence-electron chi connectivity index (χ3n) is 2.63. The molecule has 1 N–H and O–H groups in total. The summed E-state index contributed by atoms with van der Waals surface area (Å²) in [6.07, 6.45) is 0. The van der Waals surface area contributed by atoms with Crippen molar-refractivity contribution in [2.24, 2.45) is 5.10 Å². The Morgan fingerprint density at radius 1 is 1.40 bits per heavy atom. The van der Waals surface area contributed by atoms with Crippen molar-refractivity contribution < 1.29 is 14.3 Å². The molecule has 0 aliphatic carbocycles. The Kier molecular flexibility index (Phi) is 4.29. The van der Waals surface area contributed by atoms with Gasteiger partial charge in [0, 0.05) is 13.8 Å². The van der Waals surface area contributed by atoms with E-state index in [1.807, 2.05) is 24.3 Å². The fraction of sp³-hybridized carbons (Fsp3) is 0.308. The summed E-state index contributed by atoms with van der Waals surface area (Å²) in [5.74, 6) is 0.302. The molecule has 6 nitrogen and oxygen atoms in total. The van der Waals surface area contributed by atoms with E-state index in [0.717, 1.165) is 5.56 Å². The van der Waals surface area contributed by atoms with Gasteiger partial charge < -0.3 is 10.1 Å². The van der Waals surface area contributed by atoms with Gasteiger partial charge in [-0.2, -0.15) is 0 Å². The molecule has 20 heavy (non-hydrogen) atoms. The van der Waals surface area contributed by atoms with Crippen molar-refractivity contribution in [2.75, 3.05) is 7.11 Å². The number of amides is 2. The molecule has 0 bridgehead atoms. The van der Waals surface area contributed by atoms with Crippen LogP contribution in [0.1, 0.15) is 24.8 Å². The molecule has 2 rings (SSSR count). The molecule has 0 unspecified atom stereocenters. The quantitative estimate of drug-likeness (QED) is 0.901. The highest BCUT2D eigenvalue weighted by Crippen LogP contribution is 2.39. The Balaban J connectivity index is 2.27. The summed E-state index contributed by atoms with van der Waals surface area (Å²) >= 11 is 1.32. The van der Waals surface area contributed by atoms with Crippen LogP contribution in [0.3, 0.4) is 0 Å². The van der Waals surface area contributed by atoms with Crippen LogP contribution >= 0.6 is 11.8 Å². The van der Waals surface area contributed by atoms with Crippen molar-refractivity contribution >= 4 is 28.7 Å². The highest BCUT2D eigenvalue weighted by molar-refractivity contribution is 8.14. The predicted molar refractivity (Wildman–Crippen MR) is 77.1 cm³/mol. The first-order valence-electron chi connectivity index (χ1n) is 5.98. The van der Waals surface area contributed by atoms with Crippen LogP contribution in [0, 0.1) is 0 Å². The number of carbonyl (C=O) groups excluding carboxylic acids is 2. The van der Waals surface area contributed by atoms with E-state index in [9.17, 15) is 9.59 Å². The number of hydrogen-bond donors (Lipinski definition) is 1. The number of nitrogens with zero attached hydrogens (tertiary/aromatic N) is 2. The Morgan fingerprint density at radius 3 is 2.75 bits per heavy atom. The van der Waals surface area contributed by atoms with Gasteiger partial charge in [-0.1, -0.05) is 23.9 Å². The van der Waals surface area contributed by atoms with E-state index in [1.54, 1.807) is 7.11 Å². The standard InChI is InChI=1S/C13H15N3O3S/c1-8(17)14-13-15-16(9(2)18)12(20-13)10-5-4-6-11(7-10)19-3/h4-7,12H,1-3H3,(H,14,15,17)/t12-/m0/s1. The zero-order valence-corrected chi connectivity index (χ0v) is 12.2. The average molecular weight is 293 g/mol. The van der Waals surface area contributed by atoms with Crippen molar-refractivity contribution in [3.63, 3.8) is 0 Å². The van der Waals surface area contributed by atoms with Crippen molar-refractivity contribution in [3.8, 4) is 5.75 Å². The van der Waals surface area contributed by atoms with E-state index < -0.39 is 0 Å². The molecule has 7 heteroatoms. The van der Waals surface area contributed by atoms with E-state index in [2.05, 4.69) is 10.4 Å². The van der Waals surface area contributed by atoms with Gasteiger partial charge in [0.25, 0.3) is 0 Å². The number of methoxy groups -OCH3 is 1. The maximum atomic E-state index is 11.7. The van der Waals surface area contributed by atoms with Gasteiger partial charge >= 0.3 is 0 Å². The lowest BCUT2D eigenvalue weighted by Gasteiger charge is -2.19. The number of nitrogens with one attached hydrogen (secondary N) is 1. The number of benzene rings is 1. The Labute approximate surface area is 121 Å². The minimum atomic E-state index is -0.301. The van der Waals surface area contributed by atoms with Crippen molar-refractivity contribution in [2.45, 2.75) is 19.2 Å². The van der Waals surface area contributed by atoms with E-state index in [-0.39, 0.29) is 17.2 Å². The fourth-order valence-electron chi connectivity index (χ4n) is 1.77. The molecule has 1 aromatic rings. The molecule has 2 amide bonds. The maximum Gasteiger partial charge on any atom is 0.241 e. The topological polar surface area (TPSA) is 71.0 Å². The smallest absolute Gasteiger partial charge is 0.241 e. The van der Waals surface area contributed by atoms with Crippen LogP contribution in [0.4, 0.5) is 0 Å². The van der Waals surface area contributed by atoms with Crippen LogP contribution in [0.5, 0.6) is 5.75 Å². The SMILES string of the molecule is COc1cccc([C@@H]2SC(NC(C)=O)=NN2C(C)=O)c1. The van der Waals surface area contributed by atoms with E-state index in [1.165, 1.54) is 30.6 Å². The van der Waals surface area contributed by atoms with Crippen molar-refractivity contribution in [1.82, 2.24) is 10.3 Å². The number of carbonyl (C=O) groups is 2. The summed E-state index contributed by atoms with van der Waals surface area (Å²) in [7, 11) is 1.59. The molecule has 1 aromatic carbocycles. The maximum absolute atomic E-state index is 11.7. The van der Waals surface area contributed by atoms with Gasteiger partial charge in [-0.3, -0.25) is 9.59 Å². The second kappa shape index (κ2) is 5.96. The van der Waals surface area contributed by atoms with Gasteiger partial charge in [-0.15, -0.1) is 5.10 Å². The molecule has 1 aliphatic heterocycles. The highest BCUT2D eigenvalue weighted by atomic mass is 32.2. The molecule has 1 atom stereocenters. The summed E-state index contributed by atoms with van der Waals surface area (Å²) in [5, 5.41) is 8.20. The van der Waals surface area contributed by atoms with Gasteiger partial charge in [0.2, 0.25) is 11.8 Å². The summed E-state index contributed by atoms with van der Waals surface area (Å²) in [5.41, 5.74) is 0.883. The molecule has 0 radical (unpaired) electrons. The number of hydrazone groups is 1. The summed E-state index contributed by atoms with van der Waals surface area (Å²) < 4.78 is 5.18. The molecule has 0 spiro atoms. The lowest BCUT2D eigenvalue weighted by Crippen LogP contribution is -2.25. The summed E-state index contributed by atoms with van der Waals surface area (Å²) in [6.45, 7) is 2.84. The molecule has 106 valence electrons. The van der Waals surface area contributed by atoms with E-state index >= 15 is 0 Å². The van der Waals surface area contributed by atoms with Crippen LogP contribution < -0.4 is 10.1 Å². The van der Waals surface area contributed by atoms with E-state index in [0.29, 0.717) is 10.9 Å². The normalized spacial score (nSPS) is 17.6. The number of hydrogen-bond acceptors (Lipinski definition) is 5. The lowest BCUT2D eigenvalue weighted by molar-refractivity contribution is -0.129. The van der Waals surface area contributed by atoms with Crippen LogP contribution in [0.15, 0.2) is 29.4 Å². The van der Waals surface area contributed by atoms with Gasteiger partial charge in [0.1, 0.15) is 11.1 Å². The zero-order chi connectivity index (χ0) is 14.7. The number of thioether (sulfide) groups is 1. The summed E-state index contributed by atoms with van der Waals surface area (Å²) in [4.78, 5) is 22.8. The van der Waals surface area contributed by atoms with Crippen LogP contribution in [-0.4, -0.2) is 29.1 Å². The molecule has 0 saturated carbocycles. The van der Waals surface area contributed by atoms with Gasteiger partial charge in [-0.05, 0) is 17.7 Å². The van der Waals surface area contributed by atoms with Crippen LogP contribution in [-0.2, 0) is 9.59 Å². The van der Waals surface area contributed by atoms with Crippen LogP contribution in [0.25, 0.3) is 0 Å². The summed E-state index contributed by atoms with van der Waals surface area (Å²) in [6, 6.07) is 7.42. The first-order chi connectivity index (χ1) is 9.51. The Hall–Kier alpha value is -2.02. The lowest BCUT2D eigenvalue weighted by atomic mass is 10.2. The molecule has 1 heterocycles. The van der Waals surface area contributed by atoms with Gasteiger partial charge in [0.15, 0.2) is 5.17 Å². The van der Waals surface area contributed by atoms with Gasteiger partial charge in [-0.25, -0.2) is 5.01 Å². The molecule has 0 aromatic heterocycles. The fourth-order valence-corrected chi connectivity index (χ4v) is 2.90. The van der Waals surface area contributed by atoms with Crippen molar-refractivity contribution in [1.29, 1.82) is 0 Å². The monoisotopic (exact) mass is 293 g/mol. The largest absolute Gasteiger partial charge is 0.497 e. The second-order valence-corrected chi connectivity index (χ2v) is 5.27.